The number of para-hydroxylation sites is 1. The molecule has 1 aromatic carbocycles. The van der Waals surface area contributed by atoms with Gasteiger partial charge in [0.05, 0.1) is 0 Å². The van der Waals surface area contributed by atoms with Crippen molar-refractivity contribution >= 4 is 0 Å². The molecule has 4 unspecified atom stereocenters. The molecule has 4 atom stereocenters. The van der Waals surface area contributed by atoms with Gasteiger partial charge in [-0.1, -0.05) is 39.0 Å². The van der Waals surface area contributed by atoms with Gasteiger partial charge in [0.15, 0.2) is 0 Å². The summed E-state index contributed by atoms with van der Waals surface area (Å²) in [7, 11) is 0. The Bertz CT molecular complexity index is 378. The van der Waals surface area contributed by atoms with Crippen LogP contribution in [0.2, 0.25) is 0 Å². The standard InChI is InChI=1S/C16H25NO/c1-4-13-7-5-6-8-15(13)18-16-12(3)9-11(2)10-14(16)17/h5-8,11-12,14,16H,4,9-10,17H2,1-3H3. The van der Waals surface area contributed by atoms with Gasteiger partial charge in [0.1, 0.15) is 11.9 Å². The summed E-state index contributed by atoms with van der Waals surface area (Å²) < 4.78 is 6.23. The number of nitrogens with two attached hydrogens (primary N) is 1. The van der Waals surface area contributed by atoms with Crippen LogP contribution in [0.5, 0.6) is 5.75 Å². The van der Waals surface area contributed by atoms with Crippen molar-refractivity contribution in [3.63, 3.8) is 0 Å². The Balaban J connectivity index is 2.12. The summed E-state index contributed by atoms with van der Waals surface area (Å²) in [5.74, 6) is 2.27. The topological polar surface area (TPSA) is 35.2 Å². The van der Waals surface area contributed by atoms with E-state index in [1.165, 1.54) is 12.0 Å². The van der Waals surface area contributed by atoms with E-state index < -0.39 is 0 Å². The Morgan fingerprint density at radius 3 is 2.61 bits per heavy atom. The fourth-order valence-electron chi connectivity index (χ4n) is 3.15. The summed E-state index contributed by atoms with van der Waals surface area (Å²) in [4.78, 5) is 0. The first kappa shape index (κ1) is 13.4. The zero-order valence-electron chi connectivity index (χ0n) is 11.7. The molecule has 1 aliphatic carbocycles. The Kier molecular flexibility index (Phi) is 4.28. The van der Waals surface area contributed by atoms with Gasteiger partial charge in [-0.15, -0.1) is 0 Å². The first-order chi connectivity index (χ1) is 8.61. The van der Waals surface area contributed by atoms with Gasteiger partial charge in [0, 0.05) is 6.04 Å². The van der Waals surface area contributed by atoms with Gasteiger partial charge in [0.2, 0.25) is 0 Å². The number of hydrogen-bond donors (Lipinski definition) is 1. The highest BCUT2D eigenvalue weighted by molar-refractivity contribution is 5.33. The molecule has 2 nitrogen and oxygen atoms in total. The Morgan fingerprint density at radius 2 is 1.94 bits per heavy atom. The first-order valence-electron chi connectivity index (χ1n) is 7.12. The molecule has 100 valence electrons. The maximum atomic E-state index is 6.27. The maximum absolute atomic E-state index is 6.27. The highest BCUT2D eigenvalue weighted by Gasteiger charge is 2.33. The molecule has 0 heterocycles. The molecule has 0 spiro atoms. The van der Waals surface area contributed by atoms with Crippen LogP contribution in [0.15, 0.2) is 24.3 Å². The Morgan fingerprint density at radius 1 is 1.22 bits per heavy atom. The van der Waals surface area contributed by atoms with Gasteiger partial charge >= 0.3 is 0 Å². The normalized spacial score (nSPS) is 32.2. The number of ether oxygens (including phenoxy) is 1. The molecule has 0 saturated heterocycles. The summed E-state index contributed by atoms with van der Waals surface area (Å²) >= 11 is 0. The molecular formula is C16H25NO. The predicted octanol–water partition coefficient (Wildman–Crippen LogP) is 3.39. The lowest BCUT2D eigenvalue weighted by atomic mass is 9.78. The van der Waals surface area contributed by atoms with Crippen molar-refractivity contribution < 1.29 is 4.74 Å². The van der Waals surface area contributed by atoms with Crippen LogP contribution >= 0.6 is 0 Å². The predicted molar refractivity (Wildman–Crippen MR) is 75.8 cm³/mol. The first-order valence-corrected chi connectivity index (χ1v) is 7.12. The molecule has 18 heavy (non-hydrogen) atoms. The van der Waals surface area contributed by atoms with E-state index in [9.17, 15) is 0 Å². The molecule has 1 fully saturated rings. The van der Waals surface area contributed by atoms with Gasteiger partial charge in [-0.2, -0.15) is 0 Å². The van der Waals surface area contributed by atoms with Crippen LogP contribution in [-0.4, -0.2) is 12.1 Å². The molecule has 2 rings (SSSR count). The smallest absolute Gasteiger partial charge is 0.122 e. The second kappa shape index (κ2) is 5.75. The van der Waals surface area contributed by atoms with Crippen molar-refractivity contribution in [2.45, 2.75) is 52.2 Å². The molecule has 2 heteroatoms. The third-order valence-electron chi connectivity index (χ3n) is 4.05. The minimum absolute atomic E-state index is 0.161. The van der Waals surface area contributed by atoms with Gasteiger partial charge in [0.25, 0.3) is 0 Å². The van der Waals surface area contributed by atoms with Gasteiger partial charge in [-0.05, 0) is 42.7 Å². The molecule has 0 amide bonds. The zero-order chi connectivity index (χ0) is 13.1. The van der Waals surface area contributed by atoms with Crippen LogP contribution in [0.4, 0.5) is 0 Å². The number of rotatable bonds is 3. The number of hydrogen-bond acceptors (Lipinski definition) is 2. The molecule has 2 N–H and O–H groups in total. The van der Waals surface area contributed by atoms with E-state index in [1.54, 1.807) is 0 Å². The SMILES string of the molecule is CCc1ccccc1OC1C(C)CC(C)CC1N. The lowest BCUT2D eigenvalue weighted by molar-refractivity contribution is 0.0619. The minimum Gasteiger partial charge on any atom is -0.488 e. The van der Waals surface area contributed by atoms with Gasteiger partial charge < -0.3 is 10.5 Å². The molecule has 0 aromatic heterocycles. The van der Waals surface area contributed by atoms with Crippen LogP contribution in [0.1, 0.15) is 39.2 Å². The van der Waals surface area contributed by atoms with E-state index in [2.05, 4.69) is 39.0 Å². The average molecular weight is 247 g/mol. The summed E-state index contributed by atoms with van der Waals surface area (Å²) in [6.45, 7) is 6.70. The van der Waals surface area contributed by atoms with Crippen molar-refractivity contribution in [2.24, 2.45) is 17.6 Å². The summed E-state index contributed by atoms with van der Waals surface area (Å²) in [5, 5.41) is 0. The fourth-order valence-corrected chi connectivity index (χ4v) is 3.15. The third-order valence-corrected chi connectivity index (χ3v) is 4.05. The summed E-state index contributed by atoms with van der Waals surface area (Å²) in [5.41, 5.74) is 7.55. The van der Waals surface area contributed by atoms with Crippen LogP contribution in [0.25, 0.3) is 0 Å². The zero-order valence-corrected chi connectivity index (χ0v) is 11.7. The van der Waals surface area contributed by atoms with Gasteiger partial charge in [-0.3, -0.25) is 0 Å². The molecule has 1 aliphatic rings. The lowest BCUT2D eigenvalue weighted by Gasteiger charge is -2.38. The maximum Gasteiger partial charge on any atom is 0.122 e. The van der Waals surface area contributed by atoms with Crippen molar-refractivity contribution in [2.75, 3.05) is 0 Å². The van der Waals surface area contributed by atoms with Crippen LogP contribution in [0, 0.1) is 11.8 Å². The van der Waals surface area contributed by atoms with Crippen molar-refractivity contribution in [3.8, 4) is 5.75 Å². The van der Waals surface area contributed by atoms with Crippen LogP contribution in [0.3, 0.4) is 0 Å². The monoisotopic (exact) mass is 247 g/mol. The highest BCUT2D eigenvalue weighted by Crippen LogP contribution is 2.32. The summed E-state index contributed by atoms with van der Waals surface area (Å²) in [6.07, 6.45) is 3.45. The largest absolute Gasteiger partial charge is 0.488 e. The Labute approximate surface area is 111 Å². The van der Waals surface area contributed by atoms with E-state index in [4.69, 9.17) is 10.5 Å². The molecular weight excluding hydrogens is 222 g/mol. The summed E-state index contributed by atoms with van der Waals surface area (Å²) in [6, 6.07) is 8.47. The molecule has 0 aliphatic heterocycles. The van der Waals surface area contributed by atoms with E-state index in [-0.39, 0.29) is 12.1 Å². The number of benzene rings is 1. The molecule has 1 saturated carbocycles. The van der Waals surface area contributed by atoms with E-state index in [1.807, 2.05) is 6.07 Å². The molecule has 0 bridgehead atoms. The minimum atomic E-state index is 0.161. The lowest BCUT2D eigenvalue weighted by Crippen LogP contribution is -2.48. The fraction of sp³-hybridized carbons (Fsp3) is 0.625. The van der Waals surface area contributed by atoms with Crippen molar-refractivity contribution in [1.82, 2.24) is 0 Å². The van der Waals surface area contributed by atoms with Crippen molar-refractivity contribution in [3.05, 3.63) is 29.8 Å². The highest BCUT2D eigenvalue weighted by atomic mass is 16.5. The quantitative estimate of drug-likeness (QED) is 0.888. The van der Waals surface area contributed by atoms with Crippen LogP contribution < -0.4 is 10.5 Å². The van der Waals surface area contributed by atoms with Crippen LogP contribution in [-0.2, 0) is 6.42 Å². The van der Waals surface area contributed by atoms with E-state index in [0.717, 1.165) is 24.5 Å². The average Bonchev–Trinajstić information content (AvgIpc) is 2.34. The van der Waals surface area contributed by atoms with Gasteiger partial charge in [-0.25, -0.2) is 0 Å². The molecule has 0 radical (unpaired) electrons. The second-order valence-corrected chi connectivity index (χ2v) is 5.76. The number of aryl methyl sites for hydroxylation is 1. The van der Waals surface area contributed by atoms with Crippen molar-refractivity contribution in [1.29, 1.82) is 0 Å². The molecule has 1 aromatic rings. The third kappa shape index (κ3) is 2.86. The van der Waals surface area contributed by atoms with E-state index in [0.29, 0.717) is 5.92 Å². The Hall–Kier alpha value is -1.02. The second-order valence-electron chi connectivity index (χ2n) is 5.76. The van der Waals surface area contributed by atoms with E-state index >= 15 is 0 Å².